The van der Waals surface area contributed by atoms with Crippen molar-refractivity contribution in [3.8, 4) is 0 Å². The van der Waals surface area contributed by atoms with Crippen molar-refractivity contribution in [3.63, 3.8) is 0 Å². The minimum atomic E-state index is 0.540. The maximum atomic E-state index is 5.90. The van der Waals surface area contributed by atoms with E-state index in [4.69, 9.17) is 21.1 Å². The average Bonchev–Trinajstić information content (AvgIpc) is 3.16. The number of aromatic nitrogens is 6. The van der Waals surface area contributed by atoms with Crippen molar-refractivity contribution in [2.75, 3.05) is 5.88 Å². The fourth-order valence-corrected chi connectivity index (χ4v) is 2.68. The van der Waals surface area contributed by atoms with Crippen LogP contribution in [-0.2, 0) is 25.9 Å². The van der Waals surface area contributed by atoms with Gasteiger partial charge in [0.25, 0.3) is 0 Å². The van der Waals surface area contributed by atoms with Gasteiger partial charge in [0.05, 0.1) is 5.69 Å². The lowest BCUT2D eigenvalue weighted by Crippen LogP contribution is -2.11. The number of rotatable bonds is 6. The number of hydrogen-bond acceptors (Lipinski definition) is 5. The molecule has 0 aromatic carbocycles. The third-order valence-corrected chi connectivity index (χ3v) is 3.64. The predicted molar refractivity (Wildman–Crippen MR) is 78.4 cm³/mol. The van der Waals surface area contributed by atoms with Gasteiger partial charge in [-0.05, 0) is 13.8 Å². The van der Waals surface area contributed by atoms with Crippen LogP contribution in [0, 0.1) is 6.92 Å². The van der Waals surface area contributed by atoms with Gasteiger partial charge in [-0.25, -0.2) is 9.67 Å². The number of alkyl halides is 1. The maximum absolute atomic E-state index is 5.90. The van der Waals surface area contributed by atoms with Crippen LogP contribution in [0.4, 0.5) is 0 Å². The molecule has 0 amide bonds. The molecule has 0 saturated carbocycles. The highest BCUT2D eigenvalue weighted by Crippen LogP contribution is 2.21. The largest absolute Gasteiger partial charge is 0.340 e. The van der Waals surface area contributed by atoms with Gasteiger partial charge in [-0.15, -0.1) is 11.6 Å². The quantitative estimate of drug-likeness (QED) is 0.651. The molecule has 0 atom stereocenters. The number of hydrogen-bond donors (Lipinski definition) is 0. The van der Waals surface area contributed by atoms with Crippen LogP contribution in [0.25, 0.3) is 11.2 Å². The molecule has 0 aliphatic carbocycles. The summed E-state index contributed by atoms with van der Waals surface area (Å²) in [6.45, 7) is 5.57. The number of imidazole rings is 1. The summed E-state index contributed by atoms with van der Waals surface area (Å²) in [5.74, 6) is 2.13. The molecule has 0 radical (unpaired) electrons. The number of fused-ring (bicyclic) bond motifs is 1. The zero-order valence-electron chi connectivity index (χ0n) is 12.1. The summed E-state index contributed by atoms with van der Waals surface area (Å²) in [4.78, 5) is 8.76. The van der Waals surface area contributed by atoms with Crippen LogP contribution in [0.15, 0.2) is 10.9 Å². The number of nitrogens with zero attached hydrogens (tertiary/aromatic N) is 6. The molecule has 0 unspecified atom stereocenters. The molecule has 21 heavy (non-hydrogen) atoms. The minimum absolute atomic E-state index is 0.540. The van der Waals surface area contributed by atoms with Crippen molar-refractivity contribution >= 4 is 22.8 Å². The first kappa shape index (κ1) is 14.1. The maximum Gasteiger partial charge on any atom is 0.228 e. The van der Waals surface area contributed by atoms with Gasteiger partial charge in [0.1, 0.15) is 11.3 Å². The van der Waals surface area contributed by atoms with E-state index in [1.807, 2.05) is 11.6 Å². The van der Waals surface area contributed by atoms with Crippen LogP contribution in [-0.4, -0.2) is 35.4 Å². The van der Waals surface area contributed by atoms with E-state index in [9.17, 15) is 0 Å². The predicted octanol–water partition coefficient (Wildman–Crippen LogP) is 1.97. The van der Waals surface area contributed by atoms with Gasteiger partial charge in [0.2, 0.25) is 5.89 Å². The highest BCUT2D eigenvalue weighted by atomic mass is 35.5. The Morgan fingerprint density at radius 2 is 2.19 bits per heavy atom. The molecule has 0 saturated heterocycles. The van der Waals surface area contributed by atoms with E-state index in [0.29, 0.717) is 18.2 Å². The molecule has 3 aromatic heterocycles. The fourth-order valence-electron chi connectivity index (χ4n) is 2.51. The molecule has 112 valence electrons. The zero-order valence-corrected chi connectivity index (χ0v) is 12.8. The molecule has 0 spiro atoms. The van der Waals surface area contributed by atoms with E-state index in [2.05, 4.69) is 26.7 Å². The Morgan fingerprint density at radius 1 is 1.33 bits per heavy atom. The summed E-state index contributed by atoms with van der Waals surface area (Å²) in [5, 5.41) is 8.16. The fraction of sp³-hybridized carbons (Fsp3) is 0.538. The monoisotopic (exact) mass is 308 g/mol. The molecular weight excluding hydrogens is 292 g/mol. The first-order valence-corrected chi connectivity index (χ1v) is 7.52. The lowest BCUT2D eigenvalue weighted by molar-refractivity contribution is 0.370. The van der Waals surface area contributed by atoms with Gasteiger partial charge < -0.3 is 9.09 Å². The standard InChI is InChI=1S/C13H17ClN6O/c1-3-20-13-12(9(2)18-20)17-10(4-6-14)19(13)7-5-11-15-8-16-21-11/h8H,3-7H2,1-2H3. The van der Waals surface area contributed by atoms with Crippen molar-refractivity contribution in [2.24, 2.45) is 0 Å². The van der Waals surface area contributed by atoms with E-state index in [-0.39, 0.29) is 0 Å². The van der Waals surface area contributed by atoms with Gasteiger partial charge in [-0.3, -0.25) is 0 Å². The number of halogens is 1. The molecule has 8 heteroatoms. The molecule has 0 N–H and O–H groups in total. The summed E-state index contributed by atoms with van der Waals surface area (Å²) < 4.78 is 9.20. The molecule has 0 bridgehead atoms. The van der Waals surface area contributed by atoms with Crippen LogP contribution in [0.5, 0.6) is 0 Å². The van der Waals surface area contributed by atoms with E-state index >= 15 is 0 Å². The van der Waals surface area contributed by atoms with Crippen molar-refractivity contribution < 1.29 is 4.52 Å². The van der Waals surface area contributed by atoms with Gasteiger partial charge in [-0.2, -0.15) is 10.1 Å². The van der Waals surface area contributed by atoms with E-state index in [1.165, 1.54) is 6.33 Å². The van der Waals surface area contributed by atoms with E-state index in [0.717, 1.165) is 42.2 Å². The van der Waals surface area contributed by atoms with Gasteiger partial charge in [-0.1, -0.05) is 5.16 Å². The van der Waals surface area contributed by atoms with E-state index in [1.54, 1.807) is 0 Å². The smallest absolute Gasteiger partial charge is 0.228 e. The number of aryl methyl sites for hydroxylation is 5. The first-order valence-electron chi connectivity index (χ1n) is 6.98. The summed E-state index contributed by atoms with van der Waals surface area (Å²) in [6.07, 6.45) is 2.80. The molecule has 0 aliphatic heterocycles. The van der Waals surface area contributed by atoms with Gasteiger partial charge in [0, 0.05) is 31.8 Å². The van der Waals surface area contributed by atoms with Crippen molar-refractivity contribution in [1.29, 1.82) is 0 Å². The first-order chi connectivity index (χ1) is 10.2. The Hall–Kier alpha value is -1.89. The summed E-state index contributed by atoms with van der Waals surface area (Å²) in [5.41, 5.74) is 2.93. The highest BCUT2D eigenvalue weighted by Gasteiger charge is 2.18. The van der Waals surface area contributed by atoms with Crippen LogP contribution in [0.2, 0.25) is 0 Å². The van der Waals surface area contributed by atoms with Gasteiger partial charge >= 0.3 is 0 Å². The SMILES string of the molecule is CCn1nc(C)c2nc(CCCl)n(CCc3ncno3)c21. The van der Waals surface area contributed by atoms with Crippen molar-refractivity contribution in [1.82, 2.24) is 29.5 Å². The molecule has 0 fully saturated rings. The lowest BCUT2D eigenvalue weighted by Gasteiger charge is -2.08. The van der Waals surface area contributed by atoms with Crippen LogP contribution in [0.1, 0.15) is 24.3 Å². The Labute approximate surface area is 126 Å². The Kier molecular flexibility index (Phi) is 3.92. The minimum Gasteiger partial charge on any atom is -0.340 e. The van der Waals surface area contributed by atoms with Crippen LogP contribution >= 0.6 is 11.6 Å². The second-order valence-electron chi connectivity index (χ2n) is 4.78. The topological polar surface area (TPSA) is 74.6 Å². The molecule has 3 rings (SSSR count). The second kappa shape index (κ2) is 5.85. The van der Waals surface area contributed by atoms with Crippen LogP contribution < -0.4 is 0 Å². The molecule has 7 nitrogen and oxygen atoms in total. The zero-order chi connectivity index (χ0) is 14.8. The lowest BCUT2D eigenvalue weighted by atomic mass is 10.4. The second-order valence-corrected chi connectivity index (χ2v) is 5.16. The van der Waals surface area contributed by atoms with Crippen molar-refractivity contribution in [2.45, 2.75) is 39.8 Å². The summed E-state index contributed by atoms with van der Waals surface area (Å²) in [7, 11) is 0. The molecule has 3 aromatic rings. The van der Waals surface area contributed by atoms with E-state index < -0.39 is 0 Å². The van der Waals surface area contributed by atoms with Gasteiger partial charge in [0.15, 0.2) is 12.0 Å². The average molecular weight is 309 g/mol. The summed E-state index contributed by atoms with van der Waals surface area (Å²) in [6, 6.07) is 0. The highest BCUT2D eigenvalue weighted by molar-refractivity contribution is 6.17. The Balaban J connectivity index is 2.01. The molecule has 3 heterocycles. The third-order valence-electron chi connectivity index (χ3n) is 3.45. The van der Waals surface area contributed by atoms with Crippen LogP contribution in [0.3, 0.4) is 0 Å². The summed E-state index contributed by atoms with van der Waals surface area (Å²) >= 11 is 5.90. The Bertz CT molecular complexity index is 730. The Morgan fingerprint density at radius 3 is 2.86 bits per heavy atom. The molecule has 0 aliphatic rings. The third kappa shape index (κ3) is 2.53. The van der Waals surface area contributed by atoms with Crippen molar-refractivity contribution in [3.05, 3.63) is 23.7 Å². The molecular formula is C13H17ClN6O. The normalized spacial score (nSPS) is 11.6.